The zero-order valence-electron chi connectivity index (χ0n) is 16.8. The maximum atomic E-state index is 12.4. The van der Waals surface area contributed by atoms with Crippen LogP contribution in [-0.2, 0) is 4.79 Å². The molecule has 0 aromatic carbocycles. The second-order valence-electron chi connectivity index (χ2n) is 7.30. The van der Waals surface area contributed by atoms with Crippen LogP contribution in [0.3, 0.4) is 0 Å². The molecular weight excluding hydrogens is 370 g/mol. The minimum atomic E-state index is -0.156. The van der Waals surface area contributed by atoms with E-state index in [9.17, 15) is 4.79 Å². The molecule has 152 valence electrons. The largest absolute Gasteiger partial charge is 0.458 e. The number of aryl methyl sites for hydroxylation is 3. The fourth-order valence-electron chi connectivity index (χ4n) is 3.39. The van der Waals surface area contributed by atoms with Gasteiger partial charge in [0.05, 0.1) is 12.2 Å². The van der Waals surface area contributed by atoms with Crippen molar-refractivity contribution < 1.29 is 9.21 Å². The summed E-state index contributed by atoms with van der Waals surface area (Å²) < 4.78 is 7.41. The van der Waals surface area contributed by atoms with E-state index in [0.717, 1.165) is 36.7 Å². The van der Waals surface area contributed by atoms with Crippen LogP contribution in [0.4, 0.5) is 5.82 Å². The van der Waals surface area contributed by atoms with E-state index in [1.807, 2.05) is 39.0 Å². The summed E-state index contributed by atoms with van der Waals surface area (Å²) in [6.45, 7) is 7.82. The molecule has 3 N–H and O–H groups in total. The van der Waals surface area contributed by atoms with E-state index < -0.39 is 0 Å². The monoisotopic (exact) mass is 395 g/mol. The summed E-state index contributed by atoms with van der Waals surface area (Å²) in [5.74, 6) is 2.51. The number of aromatic nitrogens is 4. The molecule has 0 saturated carbocycles. The molecule has 3 aromatic heterocycles. The van der Waals surface area contributed by atoms with Gasteiger partial charge in [0.15, 0.2) is 17.4 Å². The number of amides is 1. The Kier molecular flexibility index (Phi) is 5.41. The average molecular weight is 395 g/mol. The van der Waals surface area contributed by atoms with Crippen molar-refractivity contribution in [1.29, 1.82) is 0 Å². The van der Waals surface area contributed by atoms with Gasteiger partial charge >= 0.3 is 0 Å². The minimum absolute atomic E-state index is 0.156. The first-order valence-electron chi connectivity index (χ1n) is 9.71. The molecule has 0 bridgehead atoms. The molecule has 0 aliphatic carbocycles. The van der Waals surface area contributed by atoms with Gasteiger partial charge in [-0.1, -0.05) is 0 Å². The van der Waals surface area contributed by atoms with E-state index in [0.29, 0.717) is 29.3 Å². The third-order valence-corrected chi connectivity index (χ3v) is 4.78. The number of nitrogens with zero attached hydrogens (tertiary/aromatic N) is 4. The van der Waals surface area contributed by atoms with Crippen LogP contribution in [-0.4, -0.2) is 51.3 Å². The summed E-state index contributed by atoms with van der Waals surface area (Å²) in [5.41, 5.74) is 1.83. The van der Waals surface area contributed by atoms with Gasteiger partial charge in [-0.25, -0.2) is 14.6 Å². The number of hydrogen-bond donors (Lipinski definition) is 3. The number of carbonyl (C=O) groups excluding carboxylic acids is 1. The summed E-state index contributed by atoms with van der Waals surface area (Å²) >= 11 is 0. The number of nitrogens with one attached hydrogen (secondary N) is 3. The van der Waals surface area contributed by atoms with Gasteiger partial charge in [-0.2, -0.15) is 5.10 Å². The van der Waals surface area contributed by atoms with Crippen LogP contribution in [0.15, 0.2) is 28.7 Å². The Balaban J connectivity index is 1.60. The van der Waals surface area contributed by atoms with Crippen LogP contribution in [0.2, 0.25) is 0 Å². The molecule has 0 spiro atoms. The van der Waals surface area contributed by atoms with E-state index >= 15 is 0 Å². The molecule has 1 fully saturated rings. The molecule has 1 aliphatic heterocycles. The predicted molar refractivity (Wildman–Crippen MR) is 109 cm³/mol. The SMILES string of the molecule is Cc1cc(C)n(-c2cc(NC(=O)CN[C@@H]3CCNC3)nc(-c3ccc(C)o3)n2)n1. The summed E-state index contributed by atoms with van der Waals surface area (Å²) in [6, 6.07) is 7.67. The Bertz CT molecular complexity index is 1020. The third kappa shape index (κ3) is 4.52. The quantitative estimate of drug-likeness (QED) is 0.583. The highest BCUT2D eigenvalue weighted by Gasteiger charge is 2.17. The van der Waals surface area contributed by atoms with Crippen molar-refractivity contribution >= 4 is 11.7 Å². The van der Waals surface area contributed by atoms with Gasteiger partial charge < -0.3 is 20.4 Å². The highest BCUT2D eigenvalue weighted by molar-refractivity contribution is 5.91. The Morgan fingerprint density at radius 3 is 2.79 bits per heavy atom. The summed E-state index contributed by atoms with van der Waals surface area (Å²) in [5, 5.41) is 13.9. The number of rotatable bonds is 6. The molecule has 9 heteroatoms. The van der Waals surface area contributed by atoms with E-state index in [2.05, 4.69) is 31.0 Å². The number of hydrogen-bond acceptors (Lipinski definition) is 7. The van der Waals surface area contributed by atoms with Crippen LogP contribution in [0, 0.1) is 20.8 Å². The molecule has 0 radical (unpaired) electrons. The van der Waals surface area contributed by atoms with E-state index in [4.69, 9.17) is 4.42 Å². The van der Waals surface area contributed by atoms with Gasteiger partial charge in [-0.05, 0) is 51.9 Å². The highest BCUT2D eigenvalue weighted by atomic mass is 16.3. The second kappa shape index (κ2) is 8.14. The van der Waals surface area contributed by atoms with Gasteiger partial charge in [0.25, 0.3) is 0 Å². The number of anilines is 1. The molecule has 1 atom stereocenters. The smallest absolute Gasteiger partial charge is 0.239 e. The van der Waals surface area contributed by atoms with E-state index in [1.54, 1.807) is 10.7 Å². The van der Waals surface area contributed by atoms with E-state index in [-0.39, 0.29) is 12.5 Å². The van der Waals surface area contributed by atoms with E-state index in [1.165, 1.54) is 0 Å². The van der Waals surface area contributed by atoms with Crippen molar-refractivity contribution in [3.05, 3.63) is 41.4 Å². The van der Waals surface area contributed by atoms with Crippen LogP contribution in [0.1, 0.15) is 23.6 Å². The lowest BCUT2D eigenvalue weighted by Crippen LogP contribution is -2.37. The van der Waals surface area contributed by atoms with Crippen LogP contribution in [0.5, 0.6) is 0 Å². The predicted octanol–water partition coefficient (Wildman–Crippen LogP) is 1.74. The first-order chi connectivity index (χ1) is 14.0. The Morgan fingerprint density at radius 2 is 2.14 bits per heavy atom. The molecule has 1 amide bonds. The number of carbonyl (C=O) groups is 1. The maximum Gasteiger partial charge on any atom is 0.239 e. The molecular formula is C20H25N7O2. The Labute approximate surface area is 168 Å². The minimum Gasteiger partial charge on any atom is -0.458 e. The molecule has 1 saturated heterocycles. The Hall–Kier alpha value is -3.04. The van der Waals surface area contributed by atoms with Crippen molar-refractivity contribution in [1.82, 2.24) is 30.4 Å². The fourth-order valence-corrected chi connectivity index (χ4v) is 3.39. The standard InChI is InChI=1S/C20H25N7O2/c1-12-8-13(2)27(26-12)18-9-17(23-19(28)11-22-15-6-7-21-10-15)24-20(25-18)16-5-4-14(3)29-16/h4-5,8-9,15,21-22H,6-7,10-11H2,1-3H3,(H,23,24,25,28)/t15-/m1/s1. The van der Waals surface area contributed by atoms with Gasteiger partial charge in [0.1, 0.15) is 11.6 Å². The van der Waals surface area contributed by atoms with Crippen molar-refractivity contribution in [2.45, 2.75) is 33.2 Å². The first-order valence-corrected chi connectivity index (χ1v) is 9.71. The molecule has 29 heavy (non-hydrogen) atoms. The van der Waals surface area contributed by atoms with Crippen molar-refractivity contribution in [3.63, 3.8) is 0 Å². The average Bonchev–Trinajstić information content (AvgIpc) is 3.41. The topological polar surface area (TPSA) is 110 Å². The molecule has 0 unspecified atom stereocenters. The zero-order valence-corrected chi connectivity index (χ0v) is 16.8. The maximum absolute atomic E-state index is 12.4. The molecule has 9 nitrogen and oxygen atoms in total. The van der Waals surface area contributed by atoms with Crippen LogP contribution < -0.4 is 16.0 Å². The van der Waals surface area contributed by atoms with Crippen LogP contribution >= 0.6 is 0 Å². The summed E-state index contributed by atoms with van der Waals surface area (Å²) in [4.78, 5) is 21.5. The molecule has 4 heterocycles. The number of furan rings is 1. The lowest BCUT2D eigenvalue weighted by Gasteiger charge is -2.12. The molecule has 4 rings (SSSR count). The second-order valence-corrected chi connectivity index (χ2v) is 7.30. The van der Waals surface area contributed by atoms with Crippen LogP contribution in [0.25, 0.3) is 17.4 Å². The lowest BCUT2D eigenvalue weighted by atomic mass is 10.2. The van der Waals surface area contributed by atoms with Gasteiger partial charge in [-0.15, -0.1) is 0 Å². The Morgan fingerprint density at radius 1 is 1.28 bits per heavy atom. The summed E-state index contributed by atoms with van der Waals surface area (Å²) in [7, 11) is 0. The summed E-state index contributed by atoms with van der Waals surface area (Å²) in [6.07, 6.45) is 1.02. The van der Waals surface area contributed by atoms with Crippen molar-refractivity contribution in [3.8, 4) is 17.4 Å². The zero-order chi connectivity index (χ0) is 20.4. The highest BCUT2D eigenvalue weighted by Crippen LogP contribution is 2.22. The van der Waals surface area contributed by atoms with Gasteiger partial charge in [0.2, 0.25) is 5.91 Å². The normalized spacial score (nSPS) is 16.3. The molecule has 3 aromatic rings. The first kappa shape index (κ1) is 19.3. The molecule has 1 aliphatic rings. The fraction of sp³-hybridized carbons (Fsp3) is 0.400. The van der Waals surface area contributed by atoms with Crippen molar-refractivity contribution in [2.75, 3.05) is 25.0 Å². The third-order valence-electron chi connectivity index (χ3n) is 4.78. The van der Waals surface area contributed by atoms with Gasteiger partial charge in [-0.3, -0.25) is 4.79 Å². The van der Waals surface area contributed by atoms with Crippen molar-refractivity contribution in [2.24, 2.45) is 0 Å². The lowest BCUT2D eigenvalue weighted by molar-refractivity contribution is -0.115. The van der Waals surface area contributed by atoms with Gasteiger partial charge in [0, 0.05) is 24.3 Å².